The van der Waals surface area contributed by atoms with Gasteiger partial charge >= 0.3 is 6.09 Å². The molecule has 104 valence electrons. The second-order valence-corrected chi connectivity index (χ2v) is 5.27. The number of carbonyl (C=O) groups excluding carboxylic acids is 1. The van der Waals surface area contributed by atoms with Gasteiger partial charge < -0.3 is 4.74 Å². The fraction of sp³-hybridized carbons (Fsp3) is 0.250. The van der Waals surface area contributed by atoms with Gasteiger partial charge in [-0.2, -0.15) is 0 Å². The van der Waals surface area contributed by atoms with Gasteiger partial charge in [0.1, 0.15) is 0 Å². The van der Waals surface area contributed by atoms with Crippen LogP contribution in [-0.2, 0) is 14.8 Å². The van der Waals surface area contributed by atoms with Crippen LogP contribution < -0.4 is 10.3 Å². The number of nitrogens with one attached hydrogen (secondary N) is 2. The maximum atomic E-state index is 11.5. The van der Waals surface area contributed by atoms with Gasteiger partial charge in [0.05, 0.1) is 6.61 Å². The fourth-order valence-electron chi connectivity index (χ4n) is 1.16. The monoisotopic (exact) mass is 284 g/mol. The number of carbonyl (C=O) groups is 1. The largest absolute Gasteiger partial charge is 0.449 e. The third-order valence-electron chi connectivity index (χ3n) is 2.09. The summed E-state index contributed by atoms with van der Waals surface area (Å²) in [6.45, 7) is 3.72. The van der Waals surface area contributed by atoms with E-state index >= 15 is 0 Å². The molecule has 0 heterocycles. The number of aryl methyl sites for hydroxylation is 1. The van der Waals surface area contributed by atoms with Gasteiger partial charge in [0.2, 0.25) is 0 Å². The van der Waals surface area contributed by atoms with Gasteiger partial charge in [-0.25, -0.2) is 18.6 Å². The van der Waals surface area contributed by atoms with E-state index in [9.17, 15) is 13.2 Å². The Morgan fingerprint density at radius 1 is 1.32 bits per heavy atom. The zero-order valence-corrected chi connectivity index (χ0v) is 11.5. The Labute approximate surface area is 112 Å². The predicted octanol–water partition coefficient (Wildman–Crippen LogP) is 1.55. The highest BCUT2D eigenvalue weighted by atomic mass is 32.2. The smallest absolute Gasteiger partial charge is 0.422 e. The van der Waals surface area contributed by atoms with Gasteiger partial charge in [0.15, 0.2) is 0 Å². The molecular formula is C12H16N2O4S. The molecule has 0 bridgehead atoms. The lowest BCUT2D eigenvalue weighted by atomic mass is 10.2. The lowest BCUT2D eigenvalue weighted by Gasteiger charge is -2.04. The Balaban J connectivity index is 2.59. The molecular weight excluding hydrogens is 268 g/mol. The van der Waals surface area contributed by atoms with Crippen molar-refractivity contribution in [2.75, 3.05) is 6.61 Å². The van der Waals surface area contributed by atoms with Gasteiger partial charge in [-0.05, 0) is 25.5 Å². The summed E-state index contributed by atoms with van der Waals surface area (Å²) in [7, 11) is -3.75. The zero-order chi connectivity index (χ0) is 14.3. The second kappa shape index (κ2) is 6.91. The second-order valence-electron chi connectivity index (χ2n) is 3.71. The molecule has 0 aliphatic heterocycles. The van der Waals surface area contributed by atoms with Gasteiger partial charge in [-0.3, -0.25) is 0 Å². The van der Waals surface area contributed by atoms with Gasteiger partial charge in [0.25, 0.3) is 10.0 Å². The predicted molar refractivity (Wildman–Crippen MR) is 72.4 cm³/mol. The minimum Gasteiger partial charge on any atom is -0.449 e. The Morgan fingerprint density at radius 3 is 2.53 bits per heavy atom. The normalized spacial score (nSPS) is 11.5. The molecule has 1 aromatic carbocycles. The summed E-state index contributed by atoms with van der Waals surface area (Å²) < 4.78 is 27.5. The third-order valence-corrected chi connectivity index (χ3v) is 2.97. The Bertz CT molecular complexity index is 550. The molecule has 0 spiro atoms. The molecule has 0 aliphatic rings. The molecule has 19 heavy (non-hydrogen) atoms. The van der Waals surface area contributed by atoms with E-state index in [1.165, 1.54) is 6.08 Å². The summed E-state index contributed by atoms with van der Waals surface area (Å²) in [6.07, 6.45) is 0.573. The van der Waals surface area contributed by atoms with Crippen LogP contribution in [0.2, 0.25) is 0 Å². The van der Waals surface area contributed by atoms with E-state index in [1.807, 2.05) is 29.3 Å². The van der Waals surface area contributed by atoms with Crippen molar-refractivity contribution in [3.8, 4) is 0 Å². The lowest BCUT2D eigenvalue weighted by molar-refractivity contribution is 0.150. The number of rotatable bonds is 5. The quantitative estimate of drug-likeness (QED) is 0.803. The van der Waals surface area contributed by atoms with Crippen LogP contribution in [0.1, 0.15) is 18.1 Å². The number of amides is 1. The van der Waals surface area contributed by atoms with E-state index in [1.54, 1.807) is 19.1 Å². The van der Waals surface area contributed by atoms with Crippen molar-refractivity contribution in [3.05, 3.63) is 40.8 Å². The first-order chi connectivity index (χ1) is 8.93. The summed E-state index contributed by atoms with van der Waals surface area (Å²) in [6, 6.07) is 7.33. The molecule has 0 saturated carbocycles. The zero-order valence-electron chi connectivity index (χ0n) is 10.7. The average molecular weight is 284 g/mol. The molecule has 0 fully saturated rings. The molecule has 0 radical (unpaired) electrons. The standard InChI is InChI=1S/C12H16N2O4S/c1-3-18-12(15)13-14-19(16,17)9-8-11-6-4-10(2)5-7-11/h4-9,14H,3H2,1-2H3,(H,13,15)/b9-8+. The molecule has 7 heteroatoms. The van der Waals surface area contributed by atoms with E-state index in [0.717, 1.165) is 16.5 Å². The molecule has 1 rings (SSSR count). The van der Waals surface area contributed by atoms with Gasteiger partial charge in [-0.1, -0.05) is 29.8 Å². The summed E-state index contributed by atoms with van der Waals surface area (Å²) in [4.78, 5) is 12.8. The van der Waals surface area contributed by atoms with Crippen molar-refractivity contribution in [1.29, 1.82) is 0 Å². The van der Waals surface area contributed by atoms with Crippen LogP contribution in [0.15, 0.2) is 29.7 Å². The van der Waals surface area contributed by atoms with E-state index in [0.29, 0.717) is 0 Å². The summed E-state index contributed by atoms with van der Waals surface area (Å²) >= 11 is 0. The SMILES string of the molecule is CCOC(=O)NNS(=O)(=O)/C=C/c1ccc(C)cc1. The van der Waals surface area contributed by atoms with Crippen LogP contribution in [0.4, 0.5) is 4.79 Å². The highest BCUT2D eigenvalue weighted by Gasteiger charge is 2.07. The number of hydrazine groups is 1. The first-order valence-corrected chi connectivity index (χ1v) is 7.17. The van der Waals surface area contributed by atoms with Crippen molar-refractivity contribution >= 4 is 22.2 Å². The van der Waals surface area contributed by atoms with E-state index in [-0.39, 0.29) is 6.61 Å². The molecule has 2 N–H and O–H groups in total. The molecule has 0 atom stereocenters. The third kappa shape index (κ3) is 6.03. The van der Waals surface area contributed by atoms with Crippen LogP contribution in [0, 0.1) is 6.92 Å². The average Bonchev–Trinajstić information content (AvgIpc) is 2.36. The maximum absolute atomic E-state index is 11.5. The molecule has 0 aromatic heterocycles. The van der Waals surface area contributed by atoms with Crippen molar-refractivity contribution in [2.24, 2.45) is 0 Å². The van der Waals surface area contributed by atoms with Crippen molar-refractivity contribution < 1.29 is 17.9 Å². The number of benzene rings is 1. The Morgan fingerprint density at radius 2 is 1.95 bits per heavy atom. The highest BCUT2D eigenvalue weighted by Crippen LogP contribution is 2.05. The van der Waals surface area contributed by atoms with Crippen molar-refractivity contribution in [2.45, 2.75) is 13.8 Å². The fourth-order valence-corrected chi connectivity index (χ4v) is 1.79. The van der Waals surface area contributed by atoms with Crippen LogP contribution in [0.3, 0.4) is 0 Å². The van der Waals surface area contributed by atoms with Crippen molar-refractivity contribution in [3.63, 3.8) is 0 Å². The molecule has 0 aliphatic carbocycles. The number of hydrogen-bond donors (Lipinski definition) is 2. The topological polar surface area (TPSA) is 84.5 Å². The number of hydrogen-bond acceptors (Lipinski definition) is 4. The molecule has 0 saturated heterocycles. The molecule has 1 aromatic rings. The first-order valence-electron chi connectivity index (χ1n) is 5.62. The maximum Gasteiger partial charge on any atom is 0.422 e. The summed E-state index contributed by atoms with van der Waals surface area (Å²) in [5, 5.41) is 0.962. The Kier molecular flexibility index (Phi) is 5.53. The number of ether oxygens (including phenoxy) is 1. The minimum atomic E-state index is -3.75. The van der Waals surface area contributed by atoms with Crippen LogP contribution in [0.25, 0.3) is 6.08 Å². The van der Waals surface area contributed by atoms with Crippen LogP contribution in [0.5, 0.6) is 0 Å². The van der Waals surface area contributed by atoms with E-state index in [2.05, 4.69) is 4.74 Å². The lowest BCUT2D eigenvalue weighted by Crippen LogP contribution is -2.40. The molecule has 0 unspecified atom stereocenters. The first kappa shape index (κ1) is 15.2. The van der Waals surface area contributed by atoms with Gasteiger partial charge in [0, 0.05) is 5.41 Å². The number of sulfonamides is 1. The molecule has 6 nitrogen and oxygen atoms in total. The van der Waals surface area contributed by atoms with Crippen LogP contribution in [-0.4, -0.2) is 21.1 Å². The summed E-state index contributed by atoms with van der Waals surface area (Å²) in [5.41, 5.74) is 3.75. The van der Waals surface area contributed by atoms with Crippen molar-refractivity contribution in [1.82, 2.24) is 10.3 Å². The van der Waals surface area contributed by atoms with Crippen LogP contribution >= 0.6 is 0 Å². The van der Waals surface area contributed by atoms with E-state index in [4.69, 9.17) is 0 Å². The minimum absolute atomic E-state index is 0.159. The highest BCUT2D eigenvalue weighted by molar-refractivity contribution is 7.92. The Hall–Kier alpha value is -1.86. The van der Waals surface area contributed by atoms with Gasteiger partial charge in [-0.15, -0.1) is 4.83 Å². The summed E-state index contributed by atoms with van der Waals surface area (Å²) in [5.74, 6) is 0. The van der Waals surface area contributed by atoms with E-state index < -0.39 is 16.1 Å². The molecule has 1 amide bonds.